The van der Waals surface area contributed by atoms with Crippen molar-refractivity contribution in [2.24, 2.45) is 11.8 Å². The molecule has 142 valence electrons. The summed E-state index contributed by atoms with van der Waals surface area (Å²) in [5, 5.41) is 9.04. The first-order valence-corrected chi connectivity index (χ1v) is 11.0. The third-order valence-corrected chi connectivity index (χ3v) is 6.75. The van der Waals surface area contributed by atoms with Crippen LogP contribution in [0.3, 0.4) is 0 Å². The minimum Gasteiger partial charge on any atom is -0.241 e. The fourth-order valence-electron chi connectivity index (χ4n) is 4.89. The summed E-state index contributed by atoms with van der Waals surface area (Å²) in [5.41, 5.74) is 1.35. The molecule has 1 aromatic heterocycles. The Bertz CT molecular complexity index is 558. The molecular weight excluding hydrogens is 318 g/mol. The van der Waals surface area contributed by atoms with Gasteiger partial charge < -0.3 is 0 Å². The van der Waals surface area contributed by atoms with Gasteiger partial charge in [0.25, 0.3) is 0 Å². The maximum Gasteiger partial charge on any atom is 0.131 e. The third-order valence-electron chi connectivity index (χ3n) is 6.75. The number of unbranched alkanes of at least 4 members (excludes halogenated alkanes) is 3. The molecule has 2 aliphatic carbocycles. The minimum atomic E-state index is 0.252. The first kappa shape index (κ1) is 19.3. The van der Waals surface area contributed by atoms with Crippen molar-refractivity contribution in [3.8, 4) is 6.07 Å². The van der Waals surface area contributed by atoms with Crippen LogP contribution >= 0.6 is 0 Å². The summed E-state index contributed by atoms with van der Waals surface area (Å²) < 4.78 is 0. The molecule has 2 fully saturated rings. The van der Waals surface area contributed by atoms with Gasteiger partial charge in [0.2, 0.25) is 0 Å². The standard InChI is InChI=1S/C23H35N3/c1-2-3-4-5-6-18-7-11-20(12-8-18)22-16-25-23(26-17-22)21-13-9-19(15-24)10-14-21/h16-21H,2-14H2,1H3/t18-,19-,20-,21-. The molecule has 0 unspecified atom stereocenters. The van der Waals surface area contributed by atoms with Crippen LogP contribution in [0.4, 0.5) is 0 Å². The summed E-state index contributed by atoms with van der Waals surface area (Å²) in [6.07, 6.45) is 20.8. The van der Waals surface area contributed by atoms with Crippen molar-refractivity contribution < 1.29 is 0 Å². The van der Waals surface area contributed by atoms with E-state index in [1.54, 1.807) is 0 Å². The highest BCUT2D eigenvalue weighted by molar-refractivity contribution is 5.14. The maximum atomic E-state index is 9.04. The Labute approximate surface area is 159 Å². The third kappa shape index (κ3) is 5.29. The zero-order chi connectivity index (χ0) is 18.2. The van der Waals surface area contributed by atoms with Crippen LogP contribution in [-0.2, 0) is 0 Å². The fraction of sp³-hybridized carbons (Fsp3) is 0.783. The van der Waals surface area contributed by atoms with Gasteiger partial charge in [-0.05, 0) is 68.8 Å². The van der Waals surface area contributed by atoms with E-state index in [1.165, 1.54) is 63.4 Å². The average molecular weight is 354 g/mol. The molecule has 0 spiro atoms. The number of rotatable bonds is 7. The lowest BCUT2D eigenvalue weighted by molar-refractivity contribution is 0.301. The molecule has 1 aromatic rings. The predicted octanol–water partition coefficient (Wildman–Crippen LogP) is 6.52. The summed E-state index contributed by atoms with van der Waals surface area (Å²) in [6, 6.07) is 2.41. The zero-order valence-corrected chi connectivity index (χ0v) is 16.5. The van der Waals surface area contributed by atoms with Gasteiger partial charge >= 0.3 is 0 Å². The van der Waals surface area contributed by atoms with E-state index in [4.69, 9.17) is 15.2 Å². The molecule has 2 saturated carbocycles. The molecule has 0 amide bonds. The minimum absolute atomic E-state index is 0.252. The Morgan fingerprint density at radius 1 is 0.885 bits per heavy atom. The number of nitrogens with zero attached hydrogens (tertiary/aromatic N) is 3. The molecule has 3 rings (SSSR count). The number of aromatic nitrogens is 2. The Kier molecular flexibility index (Phi) is 7.47. The van der Waals surface area contributed by atoms with Crippen molar-refractivity contribution in [2.75, 3.05) is 0 Å². The molecule has 2 aliphatic rings. The van der Waals surface area contributed by atoms with E-state index >= 15 is 0 Å². The van der Waals surface area contributed by atoms with Gasteiger partial charge in [0.15, 0.2) is 0 Å². The summed E-state index contributed by atoms with van der Waals surface area (Å²) >= 11 is 0. The van der Waals surface area contributed by atoms with Gasteiger partial charge in [-0.25, -0.2) is 9.97 Å². The number of hydrogen-bond donors (Lipinski definition) is 0. The second-order valence-corrected chi connectivity index (χ2v) is 8.62. The normalized spacial score (nSPS) is 29.2. The van der Waals surface area contributed by atoms with Crippen LogP contribution in [0.25, 0.3) is 0 Å². The predicted molar refractivity (Wildman–Crippen MR) is 106 cm³/mol. The van der Waals surface area contributed by atoms with Crippen LogP contribution < -0.4 is 0 Å². The van der Waals surface area contributed by atoms with Gasteiger partial charge in [0.1, 0.15) is 5.82 Å². The fourth-order valence-corrected chi connectivity index (χ4v) is 4.89. The van der Waals surface area contributed by atoms with Crippen molar-refractivity contribution in [1.82, 2.24) is 9.97 Å². The molecular formula is C23H35N3. The smallest absolute Gasteiger partial charge is 0.131 e. The lowest BCUT2D eigenvalue weighted by atomic mass is 9.77. The quantitative estimate of drug-likeness (QED) is 0.524. The Hall–Kier alpha value is -1.43. The van der Waals surface area contributed by atoms with Gasteiger partial charge in [-0.15, -0.1) is 0 Å². The summed E-state index contributed by atoms with van der Waals surface area (Å²) in [7, 11) is 0. The van der Waals surface area contributed by atoms with E-state index in [0.29, 0.717) is 11.8 Å². The molecule has 0 aromatic carbocycles. The van der Waals surface area contributed by atoms with Crippen molar-refractivity contribution in [2.45, 2.75) is 102 Å². The molecule has 0 bridgehead atoms. The van der Waals surface area contributed by atoms with E-state index < -0.39 is 0 Å². The van der Waals surface area contributed by atoms with Gasteiger partial charge in [-0.2, -0.15) is 5.26 Å². The van der Waals surface area contributed by atoms with Crippen LogP contribution in [0, 0.1) is 23.2 Å². The molecule has 3 nitrogen and oxygen atoms in total. The summed E-state index contributed by atoms with van der Waals surface area (Å²) in [5.74, 6) is 3.36. The molecule has 1 heterocycles. The van der Waals surface area contributed by atoms with Gasteiger partial charge in [0, 0.05) is 24.2 Å². The Balaban J connectivity index is 1.44. The molecule has 0 saturated heterocycles. The Morgan fingerprint density at radius 3 is 2.15 bits per heavy atom. The van der Waals surface area contributed by atoms with E-state index in [9.17, 15) is 0 Å². The van der Waals surface area contributed by atoms with E-state index in [0.717, 1.165) is 37.4 Å². The van der Waals surface area contributed by atoms with E-state index in [1.807, 2.05) is 0 Å². The van der Waals surface area contributed by atoms with E-state index in [2.05, 4.69) is 25.4 Å². The van der Waals surface area contributed by atoms with Crippen molar-refractivity contribution >= 4 is 0 Å². The SMILES string of the molecule is CCCCCC[C@H]1CC[C@H](c2cnc([C@H]3CC[C@H](C#N)CC3)nc2)CC1. The van der Waals surface area contributed by atoms with Crippen molar-refractivity contribution in [1.29, 1.82) is 5.26 Å². The monoisotopic (exact) mass is 353 g/mol. The summed E-state index contributed by atoms with van der Waals surface area (Å²) in [4.78, 5) is 9.45. The van der Waals surface area contributed by atoms with Crippen LogP contribution in [0.2, 0.25) is 0 Å². The molecule has 26 heavy (non-hydrogen) atoms. The van der Waals surface area contributed by atoms with Crippen LogP contribution in [0.15, 0.2) is 12.4 Å². The van der Waals surface area contributed by atoms with E-state index in [-0.39, 0.29) is 5.92 Å². The topological polar surface area (TPSA) is 49.6 Å². The van der Waals surface area contributed by atoms with Crippen LogP contribution in [0.1, 0.15) is 114 Å². The second kappa shape index (κ2) is 10.0. The van der Waals surface area contributed by atoms with Gasteiger partial charge in [-0.1, -0.05) is 39.0 Å². The molecule has 0 radical (unpaired) electrons. The highest BCUT2D eigenvalue weighted by atomic mass is 14.9. The molecule has 3 heteroatoms. The lowest BCUT2D eigenvalue weighted by Crippen LogP contribution is -2.16. The average Bonchev–Trinajstić information content (AvgIpc) is 2.72. The van der Waals surface area contributed by atoms with Crippen molar-refractivity contribution in [3.05, 3.63) is 23.8 Å². The van der Waals surface area contributed by atoms with Gasteiger partial charge in [0.05, 0.1) is 6.07 Å². The summed E-state index contributed by atoms with van der Waals surface area (Å²) in [6.45, 7) is 2.29. The first-order valence-electron chi connectivity index (χ1n) is 11.0. The first-order chi connectivity index (χ1) is 12.8. The van der Waals surface area contributed by atoms with Gasteiger partial charge in [-0.3, -0.25) is 0 Å². The molecule has 0 aliphatic heterocycles. The lowest BCUT2D eigenvalue weighted by Gasteiger charge is -2.29. The maximum absolute atomic E-state index is 9.04. The largest absolute Gasteiger partial charge is 0.241 e. The van der Waals surface area contributed by atoms with Crippen LogP contribution in [0.5, 0.6) is 0 Å². The zero-order valence-electron chi connectivity index (χ0n) is 16.5. The second-order valence-electron chi connectivity index (χ2n) is 8.62. The van der Waals surface area contributed by atoms with Crippen LogP contribution in [-0.4, -0.2) is 9.97 Å². The number of nitriles is 1. The number of hydrogen-bond acceptors (Lipinski definition) is 3. The highest BCUT2D eigenvalue weighted by Gasteiger charge is 2.25. The van der Waals surface area contributed by atoms with Crippen molar-refractivity contribution in [3.63, 3.8) is 0 Å². The highest BCUT2D eigenvalue weighted by Crippen LogP contribution is 2.38. The molecule has 0 N–H and O–H groups in total. The Morgan fingerprint density at radius 2 is 1.54 bits per heavy atom. The molecule has 0 atom stereocenters.